The Balaban J connectivity index is 6.64. The molecule has 0 bridgehead atoms. The maximum atomic E-state index is 11.8. The Bertz CT molecular complexity index is 463. The van der Waals surface area contributed by atoms with Crippen molar-refractivity contribution in [2.45, 2.75) is 39.2 Å². The van der Waals surface area contributed by atoms with Gasteiger partial charge in [-0.3, -0.25) is 4.79 Å². The van der Waals surface area contributed by atoms with Gasteiger partial charge in [0, 0.05) is 19.2 Å². The molecule has 0 atom stereocenters. The fourth-order valence-corrected chi connectivity index (χ4v) is 0.298. The first-order valence-corrected chi connectivity index (χ1v) is 2.27. The number of carboxylic acid groups (broad SMARTS) is 1. The quantitative estimate of drug-likeness (QED) is 0.668. The van der Waals surface area contributed by atoms with Crippen molar-refractivity contribution in [3.8, 4) is 0 Å². The first kappa shape index (κ1) is 1.23. The lowest BCUT2D eigenvalue weighted by Gasteiger charge is -2.07. The average Bonchev–Trinajstić information content (AvgIpc) is 2.34. The normalized spacial score (nSPS) is 40.3. The summed E-state index contributed by atoms with van der Waals surface area (Å²) in [6.45, 7) is -7.44. The van der Waals surface area contributed by atoms with Gasteiger partial charge in [-0.2, -0.15) is 0 Å². The summed E-state index contributed by atoms with van der Waals surface area (Å²) in [5.41, 5.74) is 0. The first-order valence-electron chi connectivity index (χ1n) is 9.68. The van der Waals surface area contributed by atoms with E-state index < -0.39 is 51.1 Å². The molecule has 0 aliphatic carbocycles. The largest absolute Gasteiger partial charge is 0.481 e. The van der Waals surface area contributed by atoms with Crippen LogP contribution < -0.4 is 0 Å². The summed E-state index contributed by atoms with van der Waals surface area (Å²) in [5.74, 6) is -5.36. The molecule has 2 heteroatoms. The smallest absolute Gasteiger partial charge is 0.306 e. The SMILES string of the molecule is [2H]OC(=O)C(C([2H])([2H])C([2H])([2H])C([2H])([2H])[2H])C([2H])([2H])C([2H])([2H])C([2H])([2H])[2H]. The molecule has 0 fully saturated rings. The topological polar surface area (TPSA) is 37.3 Å². The molecule has 2 nitrogen and oxygen atoms in total. The van der Waals surface area contributed by atoms with Crippen molar-refractivity contribution in [1.82, 2.24) is 0 Å². The number of rotatable bonds is 5. The third-order valence-electron chi connectivity index (χ3n) is 0.669. The van der Waals surface area contributed by atoms with Crippen LogP contribution in [0.25, 0.3) is 1.43 Å². The molecule has 1 N–H and O–H groups in total. The maximum absolute atomic E-state index is 11.8. The maximum Gasteiger partial charge on any atom is 0.306 e. The predicted octanol–water partition coefficient (Wildman–Crippen LogP) is 2.29. The molecule has 0 rings (SSSR count). The Labute approximate surface area is 83.4 Å². The molecule has 10 heavy (non-hydrogen) atoms. The molecule has 0 heterocycles. The van der Waals surface area contributed by atoms with E-state index in [0.29, 0.717) is 0 Å². The minimum Gasteiger partial charge on any atom is -0.481 e. The van der Waals surface area contributed by atoms with Crippen LogP contribution in [-0.2, 0) is 4.79 Å². The van der Waals surface area contributed by atoms with Crippen LogP contribution in [0, 0.1) is 5.92 Å². The Morgan fingerprint density at radius 1 is 1.70 bits per heavy atom. The fourth-order valence-electron chi connectivity index (χ4n) is 0.298. The van der Waals surface area contributed by atoms with Gasteiger partial charge in [0.1, 0.15) is 0 Å². The van der Waals surface area contributed by atoms with E-state index in [4.69, 9.17) is 20.6 Å². The Kier molecular flexibility index (Phi) is 0.650. The van der Waals surface area contributed by atoms with Crippen molar-refractivity contribution in [2.24, 2.45) is 5.92 Å². The lowest BCUT2D eigenvalue weighted by Crippen LogP contribution is -2.12. The summed E-state index contributed by atoms with van der Waals surface area (Å²) in [5, 5.41) is 3.43. The number of carbonyl (C=O) groups is 1. The van der Waals surface area contributed by atoms with Gasteiger partial charge in [-0.05, 0) is 12.7 Å². The van der Waals surface area contributed by atoms with Crippen LogP contribution in [-0.4, -0.2) is 11.1 Å². The molecule has 60 valence electrons. The van der Waals surface area contributed by atoms with E-state index in [9.17, 15) is 4.79 Å². The van der Waals surface area contributed by atoms with E-state index in [1.807, 2.05) is 0 Å². The predicted molar refractivity (Wildman–Crippen MR) is 40.9 cm³/mol. The van der Waals surface area contributed by atoms with E-state index in [-0.39, 0.29) is 0 Å². The zero-order valence-corrected chi connectivity index (χ0v) is 4.89. The molecular weight excluding hydrogens is 128 g/mol. The van der Waals surface area contributed by atoms with Gasteiger partial charge in [0.15, 0.2) is 0 Å². The van der Waals surface area contributed by atoms with Crippen molar-refractivity contribution in [2.75, 3.05) is 0 Å². The molecule has 0 saturated heterocycles. The molecule has 0 aromatic carbocycles. The molecule has 0 aliphatic heterocycles. The zero-order chi connectivity index (χ0) is 20.9. The average molecular weight is 159 g/mol. The van der Waals surface area contributed by atoms with Gasteiger partial charge >= 0.3 is 5.97 Å². The van der Waals surface area contributed by atoms with E-state index in [1.165, 1.54) is 0 Å². The molecular formula is C8H16O2. The third kappa shape index (κ3) is 3.49. The summed E-state index contributed by atoms with van der Waals surface area (Å²) in [4.78, 5) is 11.8. The summed E-state index contributed by atoms with van der Waals surface area (Å²) in [6, 6.07) is 0. The van der Waals surface area contributed by atoms with Gasteiger partial charge < -0.3 is 5.11 Å². The molecule has 0 radical (unpaired) electrons. The molecule has 0 aromatic heterocycles. The van der Waals surface area contributed by atoms with Gasteiger partial charge in [0.2, 0.25) is 0 Å². The monoisotopic (exact) mass is 159 g/mol. The van der Waals surface area contributed by atoms with Crippen molar-refractivity contribution in [1.29, 1.82) is 1.43 Å². The first-order chi connectivity index (χ1) is 10.6. The standard InChI is InChI=1S/C8H16O2/c1-3-5-7(6-4-2)8(9)10/h7H,3-6H2,1-2H3,(H,9,10)/i1D3,2D3,3D2,4D2,5D2,6D2/hD. The van der Waals surface area contributed by atoms with E-state index in [0.717, 1.165) is 0 Å². The van der Waals surface area contributed by atoms with Crippen LogP contribution in [0.2, 0.25) is 0 Å². The molecule has 0 saturated carbocycles. The van der Waals surface area contributed by atoms with Gasteiger partial charge in [0.05, 0.1) is 5.92 Å². The van der Waals surface area contributed by atoms with Crippen LogP contribution in [0.5, 0.6) is 0 Å². The Hall–Kier alpha value is -0.530. The van der Waals surface area contributed by atoms with Crippen LogP contribution in [0.15, 0.2) is 0 Å². The number of hydrogen-bond donors (Lipinski definition) is 1. The number of hydrogen-bond acceptors (Lipinski definition) is 2. The Morgan fingerprint density at radius 3 is 2.70 bits per heavy atom. The fraction of sp³-hybridized carbons (Fsp3) is 0.875. The molecule has 0 aromatic rings. The lowest BCUT2D eigenvalue weighted by atomic mass is 9.99. The van der Waals surface area contributed by atoms with Gasteiger partial charge in [0.25, 0.3) is 1.43 Å². The minimum atomic E-state index is -3.96. The van der Waals surface area contributed by atoms with E-state index in [2.05, 4.69) is 5.11 Å². The summed E-state index contributed by atoms with van der Waals surface area (Å²) >= 11 is 0. The second-order valence-electron chi connectivity index (χ2n) is 1.29. The summed E-state index contributed by atoms with van der Waals surface area (Å²) < 4.78 is 109. The second kappa shape index (κ2) is 5.27. The Morgan fingerprint density at radius 2 is 2.30 bits per heavy atom. The van der Waals surface area contributed by atoms with Crippen LogP contribution in [0.3, 0.4) is 0 Å². The highest BCUT2D eigenvalue weighted by Crippen LogP contribution is 2.12. The molecule has 0 aliphatic rings. The minimum absolute atomic E-state index is 2.16. The highest BCUT2D eigenvalue weighted by Gasteiger charge is 2.13. The van der Waals surface area contributed by atoms with Crippen LogP contribution in [0.1, 0.15) is 58.4 Å². The van der Waals surface area contributed by atoms with Crippen molar-refractivity contribution in [3.63, 3.8) is 0 Å². The number of aliphatic carboxylic acids is 1. The van der Waals surface area contributed by atoms with Crippen molar-refractivity contribution in [3.05, 3.63) is 0 Å². The number of carboxylic acids is 1. The molecule has 0 amide bonds. The van der Waals surface area contributed by atoms with E-state index in [1.54, 1.807) is 0 Å². The summed E-state index contributed by atoms with van der Waals surface area (Å²) in [7, 11) is 0. The third-order valence-corrected chi connectivity index (χ3v) is 0.669. The van der Waals surface area contributed by atoms with Crippen LogP contribution in [0.4, 0.5) is 0 Å². The van der Waals surface area contributed by atoms with Crippen LogP contribution >= 0.6 is 0 Å². The highest BCUT2D eigenvalue weighted by atomic mass is 16.4. The van der Waals surface area contributed by atoms with Gasteiger partial charge in [-0.25, -0.2) is 0 Å². The van der Waals surface area contributed by atoms with E-state index >= 15 is 0 Å². The molecule has 0 spiro atoms. The van der Waals surface area contributed by atoms with Crippen molar-refractivity contribution < 1.29 is 29.1 Å². The second-order valence-corrected chi connectivity index (χ2v) is 1.29. The highest BCUT2D eigenvalue weighted by molar-refractivity contribution is 5.69. The van der Waals surface area contributed by atoms with Crippen molar-refractivity contribution >= 4 is 5.97 Å². The van der Waals surface area contributed by atoms with Gasteiger partial charge in [-0.1, -0.05) is 26.4 Å². The lowest BCUT2D eigenvalue weighted by molar-refractivity contribution is -0.142. The zero-order valence-electron chi connectivity index (χ0n) is 19.9. The summed E-state index contributed by atoms with van der Waals surface area (Å²) in [6.07, 6.45) is -15.7. The molecule has 0 unspecified atom stereocenters. The van der Waals surface area contributed by atoms with Gasteiger partial charge in [-0.15, -0.1) is 0 Å².